The van der Waals surface area contributed by atoms with E-state index in [4.69, 9.17) is 13.9 Å². The van der Waals surface area contributed by atoms with Crippen LogP contribution >= 0.6 is 0 Å². The molecule has 1 heterocycles. The summed E-state index contributed by atoms with van der Waals surface area (Å²) in [6, 6.07) is 14.8. The number of carbonyl (C=O) groups is 1. The average Bonchev–Trinajstić information content (AvgIpc) is 3.15. The molecule has 1 N–H and O–H groups in total. The number of amides is 1. The first-order valence-electron chi connectivity index (χ1n) is 8.05. The number of aromatic nitrogens is 2. The maximum Gasteiger partial charge on any atom is 0.247 e. The number of methoxy groups -OCH3 is 2. The molecule has 134 valence electrons. The molecule has 0 fully saturated rings. The molecule has 0 radical (unpaired) electrons. The Bertz CT molecular complexity index is 875. The standard InChI is InChI=1S/C19H19N3O4/c1-24-15-9-7-13(8-10-15)19-22-21-18(26-19)11-17(23)20-12-14-5-3-4-6-16(14)25-2/h3-10H,11-12H2,1-2H3,(H,20,23). The molecule has 7 heteroatoms. The summed E-state index contributed by atoms with van der Waals surface area (Å²) in [5.41, 5.74) is 1.66. The molecule has 1 amide bonds. The van der Waals surface area contributed by atoms with Crippen LogP contribution in [0.1, 0.15) is 11.5 Å². The Morgan fingerprint density at radius 1 is 1.04 bits per heavy atom. The van der Waals surface area contributed by atoms with Crippen molar-refractivity contribution in [3.05, 3.63) is 60.0 Å². The van der Waals surface area contributed by atoms with E-state index in [1.54, 1.807) is 26.4 Å². The van der Waals surface area contributed by atoms with Gasteiger partial charge in [-0.1, -0.05) is 18.2 Å². The van der Waals surface area contributed by atoms with Gasteiger partial charge >= 0.3 is 0 Å². The number of para-hydroxylation sites is 1. The van der Waals surface area contributed by atoms with Gasteiger partial charge in [-0.25, -0.2) is 0 Å². The summed E-state index contributed by atoms with van der Waals surface area (Å²) in [4.78, 5) is 12.1. The number of hydrogen-bond donors (Lipinski definition) is 1. The highest BCUT2D eigenvalue weighted by Gasteiger charge is 2.13. The molecule has 1 aromatic heterocycles. The van der Waals surface area contributed by atoms with Crippen molar-refractivity contribution in [1.82, 2.24) is 15.5 Å². The molecule has 0 unspecified atom stereocenters. The van der Waals surface area contributed by atoms with Crippen LogP contribution in [0.15, 0.2) is 52.9 Å². The van der Waals surface area contributed by atoms with Gasteiger partial charge in [0.1, 0.15) is 17.9 Å². The van der Waals surface area contributed by atoms with Gasteiger partial charge in [0.2, 0.25) is 17.7 Å². The van der Waals surface area contributed by atoms with Crippen molar-refractivity contribution in [2.24, 2.45) is 0 Å². The van der Waals surface area contributed by atoms with Gasteiger partial charge in [-0.05, 0) is 30.3 Å². The molecular formula is C19H19N3O4. The fourth-order valence-electron chi connectivity index (χ4n) is 2.42. The Labute approximate surface area is 151 Å². The van der Waals surface area contributed by atoms with Crippen LogP contribution in [-0.4, -0.2) is 30.3 Å². The van der Waals surface area contributed by atoms with Gasteiger partial charge < -0.3 is 19.2 Å². The summed E-state index contributed by atoms with van der Waals surface area (Å²) in [6.45, 7) is 0.363. The van der Waals surface area contributed by atoms with E-state index < -0.39 is 0 Å². The van der Waals surface area contributed by atoms with Gasteiger partial charge in [0.25, 0.3) is 0 Å². The minimum absolute atomic E-state index is 0.0122. The Morgan fingerprint density at radius 3 is 2.54 bits per heavy atom. The molecule has 0 aliphatic heterocycles. The first kappa shape index (κ1) is 17.5. The van der Waals surface area contributed by atoms with Gasteiger partial charge in [-0.3, -0.25) is 4.79 Å². The number of hydrogen-bond acceptors (Lipinski definition) is 6. The molecule has 7 nitrogen and oxygen atoms in total. The van der Waals surface area contributed by atoms with Gasteiger partial charge in [0.05, 0.1) is 14.2 Å². The Balaban J connectivity index is 1.59. The van der Waals surface area contributed by atoms with E-state index in [-0.39, 0.29) is 18.2 Å². The molecule has 0 atom stereocenters. The second-order valence-corrected chi connectivity index (χ2v) is 5.49. The van der Waals surface area contributed by atoms with Gasteiger partial charge in [-0.15, -0.1) is 10.2 Å². The highest BCUT2D eigenvalue weighted by molar-refractivity contribution is 5.77. The van der Waals surface area contributed by atoms with Crippen LogP contribution in [0.25, 0.3) is 11.5 Å². The lowest BCUT2D eigenvalue weighted by Crippen LogP contribution is -2.24. The SMILES string of the molecule is COc1ccc(-c2nnc(CC(=O)NCc3ccccc3OC)o2)cc1. The summed E-state index contributed by atoms with van der Waals surface area (Å²) in [5, 5.41) is 10.7. The Kier molecular flexibility index (Phi) is 5.48. The zero-order chi connectivity index (χ0) is 18.4. The highest BCUT2D eigenvalue weighted by atomic mass is 16.5. The van der Waals surface area contributed by atoms with Crippen molar-refractivity contribution in [2.45, 2.75) is 13.0 Å². The topological polar surface area (TPSA) is 86.5 Å². The van der Waals surface area contributed by atoms with Crippen molar-refractivity contribution in [1.29, 1.82) is 0 Å². The largest absolute Gasteiger partial charge is 0.497 e. The van der Waals surface area contributed by atoms with E-state index in [0.29, 0.717) is 12.4 Å². The summed E-state index contributed by atoms with van der Waals surface area (Å²) in [7, 11) is 3.20. The van der Waals surface area contributed by atoms with Crippen LogP contribution in [0.4, 0.5) is 0 Å². The molecule has 2 aromatic carbocycles. The van der Waals surface area contributed by atoms with Crippen LogP contribution < -0.4 is 14.8 Å². The number of benzene rings is 2. The molecule has 3 aromatic rings. The molecule has 26 heavy (non-hydrogen) atoms. The highest BCUT2D eigenvalue weighted by Crippen LogP contribution is 2.21. The Hall–Kier alpha value is -3.35. The van der Waals surface area contributed by atoms with E-state index in [9.17, 15) is 4.79 Å². The van der Waals surface area contributed by atoms with Crippen LogP contribution in [0, 0.1) is 0 Å². The zero-order valence-electron chi connectivity index (χ0n) is 14.6. The maximum absolute atomic E-state index is 12.1. The second kappa shape index (κ2) is 8.15. The number of rotatable bonds is 7. The first-order valence-corrected chi connectivity index (χ1v) is 8.05. The summed E-state index contributed by atoms with van der Waals surface area (Å²) in [5.74, 6) is 1.88. The molecule has 0 bridgehead atoms. The van der Waals surface area contributed by atoms with Crippen molar-refractivity contribution in [3.8, 4) is 23.0 Å². The second-order valence-electron chi connectivity index (χ2n) is 5.49. The van der Waals surface area contributed by atoms with Crippen molar-refractivity contribution >= 4 is 5.91 Å². The van der Waals surface area contributed by atoms with Crippen molar-refractivity contribution in [2.75, 3.05) is 14.2 Å². The summed E-state index contributed by atoms with van der Waals surface area (Å²) < 4.78 is 15.9. The maximum atomic E-state index is 12.1. The zero-order valence-corrected chi connectivity index (χ0v) is 14.6. The monoisotopic (exact) mass is 353 g/mol. The minimum Gasteiger partial charge on any atom is -0.497 e. The average molecular weight is 353 g/mol. The molecule has 0 spiro atoms. The Morgan fingerprint density at radius 2 is 1.81 bits per heavy atom. The lowest BCUT2D eigenvalue weighted by atomic mass is 10.2. The van der Waals surface area contributed by atoms with Gasteiger partial charge in [0.15, 0.2) is 0 Å². The fraction of sp³-hybridized carbons (Fsp3) is 0.211. The third-order valence-corrected chi connectivity index (χ3v) is 3.78. The van der Waals surface area contributed by atoms with Crippen molar-refractivity contribution in [3.63, 3.8) is 0 Å². The quantitative estimate of drug-likeness (QED) is 0.703. The molecule has 0 saturated heterocycles. The third kappa shape index (κ3) is 4.18. The van der Waals surface area contributed by atoms with E-state index in [0.717, 1.165) is 22.6 Å². The number of nitrogens with zero attached hydrogens (tertiary/aromatic N) is 2. The number of nitrogens with one attached hydrogen (secondary N) is 1. The molecule has 3 rings (SSSR count). The lowest BCUT2D eigenvalue weighted by molar-refractivity contribution is -0.120. The third-order valence-electron chi connectivity index (χ3n) is 3.78. The van der Waals surface area contributed by atoms with Crippen LogP contribution in [0.5, 0.6) is 11.5 Å². The normalized spacial score (nSPS) is 10.4. The number of carbonyl (C=O) groups excluding carboxylic acids is 1. The molecule has 0 aliphatic rings. The molecular weight excluding hydrogens is 334 g/mol. The van der Waals surface area contributed by atoms with Gasteiger partial charge in [-0.2, -0.15) is 0 Å². The van der Waals surface area contributed by atoms with Gasteiger partial charge in [0, 0.05) is 17.7 Å². The molecule has 0 aliphatic carbocycles. The first-order chi connectivity index (χ1) is 12.7. The lowest BCUT2D eigenvalue weighted by Gasteiger charge is -2.08. The van der Waals surface area contributed by atoms with E-state index in [1.165, 1.54) is 0 Å². The predicted octanol–water partition coefficient (Wildman–Crippen LogP) is 2.61. The van der Waals surface area contributed by atoms with E-state index in [2.05, 4.69) is 15.5 Å². The fourth-order valence-corrected chi connectivity index (χ4v) is 2.42. The molecule has 0 saturated carbocycles. The van der Waals surface area contributed by atoms with E-state index in [1.807, 2.05) is 36.4 Å². The predicted molar refractivity (Wildman–Crippen MR) is 94.8 cm³/mol. The van der Waals surface area contributed by atoms with Crippen LogP contribution in [0.2, 0.25) is 0 Å². The number of ether oxygens (including phenoxy) is 2. The van der Waals surface area contributed by atoms with Crippen molar-refractivity contribution < 1.29 is 18.7 Å². The van der Waals surface area contributed by atoms with Crippen LogP contribution in [-0.2, 0) is 17.8 Å². The smallest absolute Gasteiger partial charge is 0.247 e. The summed E-state index contributed by atoms with van der Waals surface area (Å²) in [6.07, 6.45) is 0.0122. The minimum atomic E-state index is -0.208. The summed E-state index contributed by atoms with van der Waals surface area (Å²) >= 11 is 0. The van der Waals surface area contributed by atoms with Crippen LogP contribution in [0.3, 0.4) is 0 Å². The van der Waals surface area contributed by atoms with E-state index >= 15 is 0 Å².